The molecule has 2 aliphatic carbocycles. The predicted molar refractivity (Wildman–Crippen MR) is 138 cm³/mol. The molecule has 32 heavy (non-hydrogen) atoms. The van der Waals surface area contributed by atoms with Gasteiger partial charge in [0.05, 0.1) is 0 Å². The Bertz CT molecular complexity index is 783. The van der Waals surface area contributed by atoms with Crippen molar-refractivity contribution < 1.29 is 4.39 Å². The summed E-state index contributed by atoms with van der Waals surface area (Å²) in [6.45, 7) is 10.7. The molecule has 0 radical (unpaired) electrons. The second-order valence-corrected chi connectivity index (χ2v) is 10.5. The van der Waals surface area contributed by atoms with Crippen LogP contribution in [-0.4, -0.2) is 0 Å². The molecule has 2 saturated carbocycles. The van der Waals surface area contributed by atoms with E-state index < -0.39 is 0 Å². The first-order chi connectivity index (χ1) is 15.5. The van der Waals surface area contributed by atoms with Gasteiger partial charge in [0, 0.05) is 5.56 Å². The first-order valence-electron chi connectivity index (χ1n) is 13.4. The molecule has 0 spiro atoms. The lowest BCUT2D eigenvalue weighted by Gasteiger charge is -2.29. The molecule has 0 aromatic heterocycles. The minimum atomic E-state index is -0.0689. The molecule has 0 nitrogen and oxygen atoms in total. The van der Waals surface area contributed by atoms with Gasteiger partial charge in [0.2, 0.25) is 0 Å². The zero-order valence-corrected chi connectivity index (χ0v) is 20.8. The van der Waals surface area contributed by atoms with Crippen LogP contribution < -0.4 is 0 Å². The number of hydrogen-bond acceptors (Lipinski definition) is 0. The molecule has 0 N–H and O–H groups in total. The lowest BCUT2D eigenvalue weighted by molar-refractivity contribution is 0.289. The van der Waals surface area contributed by atoms with Crippen molar-refractivity contribution in [3.05, 3.63) is 65.5 Å². The second kappa shape index (κ2) is 12.6. The standard InChI is InChI=1S/C31H45F/c1-5-8-24-11-16-27(17-12-24)26(7-3)15-10-23(4)30-21-20-29(22-31(30)32)28-18-13-25(9-6-2)14-19-28/h7,10,15,20-22,24-25,27-28H,3,5-6,8-9,11-14,16-19H2,1-2,4H3/b23-10+,26-15+. The van der Waals surface area contributed by atoms with Crippen LogP contribution in [0.4, 0.5) is 4.39 Å². The van der Waals surface area contributed by atoms with E-state index in [0.717, 1.165) is 23.0 Å². The van der Waals surface area contributed by atoms with Gasteiger partial charge >= 0.3 is 0 Å². The Balaban J connectivity index is 1.63. The maximum atomic E-state index is 15.0. The Morgan fingerprint density at radius 3 is 2.03 bits per heavy atom. The van der Waals surface area contributed by atoms with E-state index in [1.54, 1.807) is 0 Å². The largest absolute Gasteiger partial charge is 0.206 e. The summed E-state index contributed by atoms with van der Waals surface area (Å²) in [7, 11) is 0. The third-order valence-electron chi connectivity index (χ3n) is 8.21. The van der Waals surface area contributed by atoms with Crippen LogP contribution in [0.5, 0.6) is 0 Å². The molecule has 0 unspecified atom stereocenters. The van der Waals surface area contributed by atoms with Crippen molar-refractivity contribution in [2.24, 2.45) is 17.8 Å². The Morgan fingerprint density at radius 2 is 1.50 bits per heavy atom. The molecule has 2 aliphatic rings. The van der Waals surface area contributed by atoms with Crippen LogP contribution in [0.2, 0.25) is 0 Å². The van der Waals surface area contributed by atoms with Gasteiger partial charge < -0.3 is 0 Å². The topological polar surface area (TPSA) is 0 Å². The van der Waals surface area contributed by atoms with Crippen molar-refractivity contribution in [2.45, 2.75) is 104 Å². The second-order valence-electron chi connectivity index (χ2n) is 10.5. The molecule has 1 aromatic rings. The van der Waals surface area contributed by atoms with Crippen molar-refractivity contribution in [1.82, 2.24) is 0 Å². The number of allylic oxidation sites excluding steroid dienone is 5. The van der Waals surface area contributed by atoms with E-state index in [1.165, 1.54) is 88.2 Å². The van der Waals surface area contributed by atoms with E-state index in [1.807, 2.05) is 25.1 Å². The molecule has 1 heteroatoms. The van der Waals surface area contributed by atoms with Crippen LogP contribution in [0, 0.1) is 23.6 Å². The number of benzene rings is 1. The monoisotopic (exact) mass is 436 g/mol. The average Bonchev–Trinajstić information content (AvgIpc) is 2.81. The minimum Gasteiger partial charge on any atom is -0.206 e. The highest BCUT2D eigenvalue weighted by atomic mass is 19.1. The maximum absolute atomic E-state index is 15.0. The smallest absolute Gasteiger partial charge is 0.130 e. The molecule has 0 amide bonds. The summed E-state index contributed by atoms with van der Waals surface area (Å²) in [4.78, 5) is 0. The third-order valence-corrected chi connectivity index (χ3v) is 8.21. The van der Waals surface area contributed by atoms with Crippen molar-refractivity contribution in [3.8, 4) is 0 Å². The quantitative estimate of drug-likeness (QED) is 0.338. The Labute approximate surface area is 197 Å². The summed E-state index contributed by atoms with van der Waals surface area (Å²) in [6, 6.07) is 5.99. The summed E-state index contributed by atoms with van der Waals surface area (Å²) >= 11 is 0. The van der Waals surface area contributed by atoms with Crippen molar-refractivity contribution in [1.29, 1.82) is 0 Å². The molecule has 2 fully saturated rings. The Hall–Kier alpha value is -1.63. The lowest BCUT2D eigenvalue weighted by atomic mass is 9.76. The van der Waals surface area contributed by atoms with Crippen LogP contribution in [-0.2, 0) is 0 Å². The van der Waals surface area contributed by atoms with Crippen LogP contribution >= 0.6 is 0 Å². The molecule has 0 atom stereocenters. The van der Waals surface area contributed by atoms with Gasteiger partial charge in [-0.15, -0.1) is 0 Å². The van der Waals surface area contributed by atoms with Crippen LogP contribution in [0.25, 0.3) is 5.57 Å². The Kier molecular flexibility index (Phi) is 9.82. The average molecular weight is 437 g/mol. The minimum absolute atomic E-state index is 0.0689. The normalized spacial score (nSPS) is 27.4. The molecule has 176 valence electrons. The highest BCUT2D eigenvalue weighted by molar-refractivity contribution is 5.66. The first-order valence-corrected chi connectivity index (χ1v) is 13.4. The van der Waals surface area contributed by atoms with Gasteiger partial charge in [-0.3, -0.25) is 0 Å². The molecule has 0 heterocycles. The van der Waals surface area contributed by atoms with Crippen molar-refractivity contribution >= 4 is 5.57 Å². The van der Waals surface area contributed by atoms with Gasteiger partial charge in [0.25, 0.3) is 0 Å². The summed E-state index contributed by atoms with van der Waals surface area (Å²) < 4.78 is 15.0. The maximum Gasteiger partial charge on any atom is 0.130 e. The number of rotatable bonds is 9. The van der Waals surface area contributed by atoms with E-state index in [9.17, 15) is 0 Å². The van der Waals surface area contributed by atoms with E-state index in [4.69, 9.17) is 0 Å². The number of hydrogen-bond donors (Lipinski definition) is 0. The van der Waals surface area contributed by atoms with Gasteiger partial charge in [-0.2, -0.15) is 0 Å². The molecule has 0 aliphatic heterocycles. The molecule has 3 rings (SSSR count). The zero-order valence-electron chi connectivity index (χ0n) is 20.8. The van der Waals surface area contributed by atoms with Gasteiger partial charge in [-0.1, -0.05) is 76.5 Å². The van der Waals surface area contributed by atoms with E-state index in [-0.39, 0.29) is 5.82 Å². The van der Waals surface area contributed by atoms with Gasteiger partial charge in [0.15, 0.2) is 0 Å². The fraction of sp³-hybridized carbons (Fsp3) is 0.613. The summed E-state index contributed by atoms with van der Waals surface area (Å²) in [6.07, 6.45) is 21.8. The molecule has 0 bridgehead atoms. The first kappa shape index (κ1) is 25.0. The molecule has 0 saturated heterocycles. The summed E-state index contributed by atoms with van der Waals surface area (Å²) in [5, 5.41) is 0. The van der Waals surface area contributed by atoms with Gasteiger partial charge in [-0.05, 0) is 105 Å². The molecular weight excluding hydrogens is 391 g/mol. The fourth-order valence-electron chi connectivity index (χ4n) is 6.17. The highest BCUT2D eigenvalue weighted by Gasteiger charge is 2.23. The van der Waals surface area contributed by atoms with Crippen molar-refractivity contribution in [2.75, 3.05) is 0 Å². The van der Waals surface area contributed by atoms with E-state index in [0.29, 0.717) is 11.8 Å². The fourth-order valence-corrected chi connectivity index (χ4v) is 6.17. The predicted octanol–water partition coefficient (Wildman–Crippen LogP) is 10.0. The van der Waals surface area contributed by atoms with Gasteiger partial charge in [0.1, 0.15) is 5.82 Å². The van der Waals surface area contributed by atoms with Crippen LogP contribution in [0.15, 0.2) is 48.6 Å². The SMILES string of the molecule is C=C/C(=C\C=C(/C)c1ccc(C2CCC(CCC)CC2)cc1F)C1CCC(CCC)CC1. The lowest BCUT2D eigenvalue weighted by Crippen LogP contribution is -2.15. The third kappa shape index (κ3) is 6.69. The zero-order chi connectivity index (χ0) is 22.9. The summed E-state index contributed by atoms with van der Waals surface area (Å²) in [5.74, 6) is 2.87. The van der Waals surface area contributed by atoms with E-state index >= 15 is 4.39 Å². The van der Waals surface area contributed by atoms with Gasteiger partial charge in [-0.25, -0.2) is 4.39 Å². The molecular formula is C31H45F. The molecule has 1 aromatic carbocycles. The van der Waals surface area contributed by atoms with Crippen molar-refractivity contribution in [3.63, 3.8) is 0 Å². The Morgan fingerprint density at radius 1 is 0.906 bits per heavy atom. The van der Waals surface area contributed by atoms with Crippen LogP contribution in [0.1, 0.15) is 115 Å². The van der Waals surface area contributed by atoms with Crippen LogP contribution in [0.3, 0.4) is 0 Å². The van der Waals surface area contributed by atoms with E-state index in [2.05, 4.69) is 38.6 Å². The summed E-state index contributed by atoms with van der Waals surface area (Å²) in [5.41, 5.74) is 4.25. The highest BCUT2D eigenvalue weighted by Crippen LogP contribution is 2.39. The number of halogens is 1.